The lowest BCUT2D eigenvalue weighted by Crippen LogP contribution is -2.04. The van der Waals surface area contributed by atoms with E-state index in [0.717, 1.165) is 28.7 Å². The monoisotopic (exact) mass is 316 g/mol. The second kappa shape index (κ2) is 4.77. The van der Waals surface area contributed by atoms with Gasteiger partial charge in [0.1, 0.15) is 0 Å². The number of imidazole rings is 1. The number of halogens is 3. The summed E-state index contributed by atoms with van der Waals surface area (Å²) in [4.78, 5) is 10.2. The van der Waals surface area contributed by atoms with Crippen LogP contribution in [0.15, 0.2) is 48.7 Å². The Balaban J connectivity index is 1.68. The maximum atomic E-state index is 12.7. The molecule has 0 saturated heterocycles. The van der Waals surface area contributed by atoms with E-state index in [1.807, 2.05) is 30.5 Å². The molecular weight excluding hydrogens is 305 g/mol. The summed E-state index contributed by atoms with van der Waals surface area (Å²) >= 11 is 0. The number of aromatic nitrogens is 3. The van der Waals surface area contributed by atoms with Crippen LogP contribution in [0.3, 0.4) is 0 Å². The quantitative estimate of drug-likeness (QED) is 0.497. The second-order valence-electron chi connectivity index (χ2n) is 5.22. The number of hydrogen-bond donors (Lipinski definition) is 3. The van der Waals surface area contributed by atoms with Crippen LogP contribution in [-0.2, 0) is 6.18 Å². The van der Waals surface area contributed by atoms with E-state index in [1.165, 1.54) is 6.07 Å². The predicted octanol–water partition coefficient (Wildman–Crippen LogP) is 4.81. The molecule has 0 saturated carbocycles. The van der Waals surface area contributed by atoms with Crippen LogP contribution in [-0.4, -0.2) is 15.0 Å². The van der Waals surface area contributed by atoms with Crippen molar-refractivity contribution in [2.24, 2.45) is 0 Å². The van der Waals surface area contributed by atoms with Gasteiger partial charge >= 0.3 is 6.18 Å². The molecular formula is C16H11F3N4. The molecule has 0 amide bonds. The molecule has 4 aromatic rings. The highest BCUT2D eigenvalue weighted by Gasteiger charge is 2.30. The first kappa shape index (κ1) is 13.7. The molecule has 0 bridgehead atoms. The van der Waals surface area contributed by atoms with E-state index in [1.54, 1.807) is 0 Å². The lowest BCUT2D eigenvalue weighted by molar-refractivity contribution is -0.137. The molecule has 0 unspecified atom stereocenters. The highest BCUT2D eigenvalue weighted by atomic mass is 19.4. The number of rotatable bonds is 2. The van der Waals surface area contributed by atoms with Crippen LogP contribution < -0.4 is 5.32 Å². The molecule has 4 nitrogen and oxygen atoms in total. The molecule has 0 aliphatic rings. The fourth-order valence-corrected chi connectivity index (χ4v) is 2.50. The number of nitrogens with zero attached hydrogens (tertiary/aromatic N) is 1. The fraction of sp³-hybridized carbons (Fsp3) is 0.0625. The van der Waals surface area contributed by atoms with Crippen molar-refractivity contribution in [1.82, 2.24) is 15.0 Å². The van der Waals surface area contributed by atoms with E-state index >= 15 is 0 Å². The van der Waals surface area contributed by atoms with Crippen LogP contribution in [0.2, 0.25) is 0 Å². The van der Waals surface area contributed by atoms with Gasteiger partial charge in [-0.25, -0.2) is 4.98 Å². The van der Waals surface area contributed by atoms with Gasteiger partial charge in [0.15, 0.2) is 0 Å². The molecule has 7 heteroatoms. The number of nitrogens with one attached hydrogen (secondary N) is 3. The minimum atomic E-state index is -4.38. The van der Waals surface area contributed by atoms with Crippen LogP contribution in [0.4, 0.5) is 24.8 Å². The Hall–Kier alpha value is -2.96. The molecule has 0 spiro atoms. The predicted molar refractivity (Wildman–Crippen MR) is 82.7 cm³/mol. The Kier molecular flexibility index (Phi) is 2.84. The summed E-state index contributed by atoms with van der Waals surface area (Å²) in [5.41, 5.74) is 1.85. The zero-order valence-corrected chi connectivity index (χ0v) is 11.7. The Bertz CT molecular complexity index is 997. The maximum absolute atomic E-state index is 12.7. The van der Waals surface area contributed by atoms with Crippen LogP contribution in [0.1, 0.15) is 5.56 Å². The summed E-state index contributed by atoms with van der Waals surface area (Å²) in [7, 11) is 0. The first-order valence-corrected chi connectivity index (χ1v) is 6.90. The lowest BCUT2D eigenvalue weighted by atomic mass is 10.2. The van der Waals surface area contributed by atoms with Gasteiger partial charge in [0.05, 0.1) is 16.6 Å². The summed E-state index contributed by atoms with van der Waals surface area (Å²) in [6, 6.07) is 11.1. The van der Waals surface area contributed by atoms with E-state index in [0.29, 0.717) is 11.5 Å². The van der Waals surface area contributed by atoms with Crippen LogP contribution in [0.25, 0.3) is 21.9 Å². The standard InChI is InChI=1S/C16H11F3N4/c17-16(18,19)10-2-4-12-14(7-10)23-15(22-12)21-11-3-1-9-5-6-20-13(9)8-11/h1-8,20H,(H2,21,22,23). The van der Waals surface area contributed by atoms with Gasteiger partial charge in [-0.15, -0.1) is 0 Å². The molecule has 0 radical (unpaired) electrons. The molecule has 2 aromatic carbocycles. The number of H-pyrrole nitrogens is 2. The molecule has 23 heavy (non-hydrogen) atoms. The molecule has 0 aliphatic carbocycles. The maximum Gasteiger partial charge on any atom is 0.416 e. The first-order chi connectivity index (χ1) is 11.0. The molecule has 116 valence electrons. The summed E-state index contributed by atoms with van der Waals surface area (Å²) in [6.07, 6.45) is -2.53. The third-order valence-electron chi connectivity index (χ3n) is 3.63. The van der Waals surface area contributed by atoms with Crippen LogP contribution in [0.5, 0.6) is 0 Å². The smallest absolute Gasteiger partial charge is 0.361 e. The van der Waals surface area contributed by atoms with Gasteiger partial charge in [0, 0.05) is 17.4 Å². The summed E-state index contributed by atoms with van der Waals surface area (Å²) in [5, 5.41) is 4.14. The van der Waals surface area contributed by atoms with Gasteiger partial charge in [-0.05, 0) is 41.8 Å². The Morgan fingerprint density at radius 2 is 1.83 bits per heavy atom. The zero-order valence-electron chi connectivity index (χ0n) is 11.7. The third-order valence-corrected chi connectivity index (χ3v) is 3.63. The molecule has 2 heterocycles. The molecule has 3 N–H and O–H groups in total. The van der Waals surface area contributed by atoms with Gasteiger partial charge in [0.2, 0.25) is 5.95 Å². The van der Waals surface area contributed by atoms with Crippen molar-refractivity contribution in [2.45, 2.75) is 6.18 Å². The lowest BCUT2D eigenvalue weighted by Gasteiger charge is -2.04. The van der Waals surface area contributed by atoms with Gasteiger partial charge in [-0.2, -0.15) is 13.2 Å². The number of fused-ring (bicyclic) bond motifs is 2. The highest BCUT2D eigenvalue weighted by molar-refractivity contribution is 5.84. The molecule has 0 aliphatic heterocycles. The fourth-order valence-electron chi connectivity index (χ4n) is 2.50. The molecule has 2 aromatic heterocycles. The number of hydrogen-bond acceptors (Lipinski definition) is 2. The molecule has 0 atom stereocenters. The van der Waals surface area contributed by atoms with E-state index in [4.69, 9.17) is 0 Å². The molecule has 4 rings (SSSR count). The van der Waals surface area contributed by atoms with Crippen molar-refractivity contribution in [1.29, 1.82) is 0 Å². The van der Waals surface area contributed by atoms with Crippen molar-refractivity contribution in [2.75, 3.05) is 5.32 Å². The van der Waals surface area contributed by atoms with Gasteiger partial charge in [0.25, 0.3) is 0 Å². The van der Waals surface area contributed by atoms with Gasteiger partial charge in [-0.3, -0.25) is 0 Å². The number of anilines is 2. The van der Waals surface area contributed by atoms with E-state index < -0.39 is 11.7 Å². The van der Waals surface area contributed by atoms with Gasteiger partial charge < -0.3 is 15.3 Å². The van der Waals surface area contributed by atoms with Crippen molar-refractivity contribution < 1.29 is 13.2 Å². The average Bonchev–Trinajstić information content (AvgIpc) is 3.10. The normalized spacial score (nSPS) is 12.1. The number of benzene rings is 2. The topological polar surface area (TPSA) is 56.5 Å². The largest absolute Gasteiger partial charge is 0.416 e. The van der Waals surface area contributed by atoms with Crippen LogP contribution in [0, 0.1) is 0 Å². The SMILES string of the molecule is FC(F)(F)c1ccc2[nH]c(Nc3ccc4cc[nH]c4c3)nc2c1. The van der Waals surface area contributed by atoms with Crippen molar-refractivity contribution in [3.8, 4) is 0 Å². The van der Waals surface area contributed by atoms with E-state index in [-0.39, 0.29) is 5.52 Å². The number of alkyl halides is 3. The van der Waals surface area contributed by atoms with Crippen molar-refractivity contribution in [3.05, 3.63) is 54.2 Å². The Labute approximate surface area is 128 Å². The van der Waals surface area contributed by atoms with Crippen molar-refractivity contribution >= 4 is 33.6 Å². The summed E-state index contributed by atoms with van der Waals surface area (Å²) in [5.74, 6) is 0.394. The summed E-state index contributed by atoms with van der Waals surface area (Å²) < 4.78 is 38.2. The Morgan fingerprint density at radius 1 is 0.957 bits per heavy atom. The minimum absolute atomic E-state index is 0.267. The summed E-state index contributed by atoms with van der Waals surface area (Å²) in [6.45, 7) is 0. The van der Waals surface area contributed by atoms with E-state index in [2.05, 4.69) is 20.3 Å². The highest BCUT2D eigenvalue weighted by Crippen LogP contribution is 2.31. The third kappa shape index (κ3) is 2.50. The number of aromatic amines is 2. The zero-order chi connectivity index (χ0) is 16.0. The second-order valence-corrected chi connectivity index (χ2v) is 5.22. The Morgan fingerprint density at radius 3 is 2.65 bits per heavy atom. The van der Waals surface area contributed by atoms with Gasteiger partial charge in [-0.1, -0.05) is 6.07 Å². The first-order valence-electron chi connectivity index (χ1n) is 6.90. The molecule has 0 fully saturated rings. The van der Waals surface area contributed by atoms with E-state index in [9.17, 15) is 13.2 Å². The minimum Gasteiger partial charge on any atom is -0.361 e. The van der Waals surface area contributed by atoms with Crippen LogP contribution >= 0.6 is 0 Å². The van der Waals surface area contributed by atoms with Crippen molar-refractivity contribution in [3.63, 3.8) is 0 Å². The average molecular weight is 316 g/mol.